The topological polar surface area (TPSA) is 52.6 Å². The quantitative estimate of drug-likeness (QED) is 0.451. The zero-order chi connectivity index (χ0) is 12.2. The first-order valence-electron chi connectivity index (χ1n) is 6.02. The molecule has 94 valence electrons. The molecule has 4 nitrogen and oxygen atoms in total. The average molecular weight is 230 g/mol. The van der Waals surface area contributed by atoms with Gasteiger partial charge in [0.1, 0.15) is 0 Å². The Labute approximate surface area is 97.3 Å². The van der Waals surface area contributed by atoms with Crippen LogP contribution in [0.15, 0.2) is 0 Å². The highest BCUT2D eigenvalue weighted by atomic mass is 16.5. The van der Waals surface area contributed by atoms with E-state index in [0.29, 0.717) is 13.2 Å². The minimum absolute atomic E-state index is 0.113. The molecule has 0 aliphatic carbocycles. The van der Waals surface area contributed by atoms with Gasteiger partial charge in [0, 0.05) is 0 Å². The fraction of sp³-hybridized carbons (Fsp3) is 0.833. The lowest BCUT2D eigenvalue weighted by Crippen LogP contribution is -2.10. The van der Waals surface area contributed by atoms with Crippen LogP contribution >= 0.6 is 0 Å². The molecule has 0 spiro atoms. The molecule has 0 aromatic carbocycles. The van der Waals surface area contributed by atoms with Crippen LogP contribution in [0.3, 0.4) is 0 Å². The number of rotatable bonds is 9. The molecule has 0 amide bonds. The molecule has 0 rings (SSSR count). The zero-order valence-electron chi connectivity index (χ0n) is 10.3. The van der Waals surface area contributed by atoms with Crippen molar-refractivity contribution in [3.05, 3.63) is 0 Å². The van der Waals surface area contributed by atoms with Gasteiger partial charge in [-0.2, -0.15) is 0 Å². The minimum atomic E-state index is -0.342. The van der Waals surface area contributed by atoms with Gasteiger partial charge in [0.2, 0.25) is 0 Å². The van der Waals surface area contributed by atoms with Gasteiger partial charge in [-0.05, 0) is 13.3 Å². The van der Waals surface area contributed by atoms with Crippen molar-refractivity contribution in [3.8, 4) is 0 Å². The molecule has 0 aliphatic rings. The Hall–Kier alpha value is -1.06. The highest BCUT2D eigenvalue weighted by Gasteiger charge is 2.07. The second-order valence-electron chi connectivity index (χ2n) is 3.59. The van der Waals surface area contributed by atoms with E-state index in [4.69, 9.17) is 9.47 Å². The molecule has 0 N–H and O–H groups in total. The number of hydrogen-bond acceptors (Lipinski definition) is 4. The average Bonchev–Trinajstić information content (AvgIpc) is 2.26. The van der Waals surface area contributed by atoms with E-state index in [1.807, 2.05) is 0 Å². The van der Waals surface area contributed by atoms with Crippen LogP contribution in [-0.4, -0.2) is 25.2 Å². The molecule has 16 heavy (non-hydrogen) atoms. The summed E-state index contributed by atoms with van der Waals surface area (Å²) in [6.07, 6.45) is 4.55. The molecule has 0 aromatic rings. The normalized spacial score (nSPS) is 9.88. The van der Waals surface area contributed by atoms with E-state index in [1.54, 1.807) is 6.92 Å². The van der Waals surface area contributed by atoms with Crippen LogP contribution in [0.1, 0.15) is 52.4 Å². The van der Waals surface area contributed by atoms with Crippen molar-refractivity contribution in [3.63, 3.8) is 0 Å². The molecular formula is C12H22O4. The summed E-state index contributed by atoms with van der Waals surface area (Å²) >= 11 is 0. The number of unbranched alkanes of at least 4 members (excludes halogenated alkanes) is 3. The van der Waals surface area contributed by atoms with E-state index in [-0.39, 0.29) is 24.8 Å². The summed E-state index contributed by atoms with van der Waals surface area (Å²) in [4.78, 5) is 22.1. The van der Waals surface area contributed by atoms with Crippen molar-refractivity contribution in [2.24, 2.45) is 0 Å². The Kier molecular flexibility index (Phi) is 9.76. The van der Waals surface area contributed by atoms with E-state index >= 15 is 0 Å². The molecule has 0 saturated heterocycles. The molecule has 4 heteroatoms. The van der Waals surface area contributed by atoms with Gasteiger partial charge in [-0.25, -0.2) is 0 Å². The van der Waals surface area contributed by atoms with Crippen molar-refractivity contribution in [2.45, 2.75) is 52.4 Å². The Balaban J connectivity index is 3.34. The first kappa shape index (κ1) is 14.9. The molecular weight excluding hydrogens is 208 g/mol. The van der Waals surface area contributed by atoms with E-state index in [0.717, 1.165) is 19.3 Å². The highest BCUT2D eigenvalue weighted by molar-refractivity contribution is 5.77. The summed E-state index contributed by atoms with van der Waals surface area (Å²) in [7, 11) is 0. The van der Waals surface area contributed by atoms with Crippen LogP contribution in [0.2, 0.25) is 0 Å². The molecule has 0 aromatic heterocycles. The van der Waals surface area contributed by atoms with Crippen LogP contribution in [0.25, 0.3) is 0 Å². The zero-order valence-corrected chi connectivity index (χ0v) is 10.3. The molecule has 0 saturated carbocycles. The first-order valence-corrected chi connectivity index (χ1v) is 6.02. The highest BCUT2D eigenvalue weighted by Crippen LogP contribution is 2.01. The van der Waals surface area contributed by atoms with Gasteiger partial charge in [0.15, 0.2) is 0 Å². The van der Waals surface area contributed by atoms with Crippen LogP contribution in [0.4, 0.5) is 0 Å². The molecule has 0 atom stereocenters. The lowest BCUT2D eigenvalue weighted by Gasteiger charge is -2.04. The lowest BCUT2D eigenvalue weighted by molar-refractivity contribution is -0.150. The maximum Gasteiger partial charge on any atom is 0.306 e. The van der Waals surface area contributed by atoms with E-state index in [1.165, 1.54) is 6.42 Å². The monoisotopic (exact) mass is 230 g/mol. The standard InChI is InChI=1S/C12H22O4/c1-3-5-6-7-10-16-12(14)9-8-11(13)15-4-2/h3-10H2,1-2H3. The van der Waals surface area contributed by atoms with E-state index in [9.17, 15) is 9.59 Å². The molecule has 0 unspecified atom stereocenters. The molecule has 0 radical (unpaired) electrons. The van der Waals surface area contributed by atoms with E-state index in [2.05, 4.69) is 6.92 Å². The second kappa shape index (κ2) is 10.5. The van der Waals surface area contributed by atoms with Gasteiger partial charge in [0.05, 0.1) is 26.1 Å². The minimum Gasteiger partial charge on any atom is -0.466 e. The third kappa shape index (κ3) is 9.49. The Morgan fingerprint density at radius 2 is 1.50 bits per heavy atom. The second-order valence-corrected chi connectivity index (χ2v) is 3.59. The third-order valence-electron chi connectivity index (χ3n) is 2.10. The largest absolute Gasteiger partial charge is 0.466 e. The summed E-state index contributed by atoms with van der Waals surface area (Å²) in [6, 6.07) is 0. The number of carbonyl (C=O) groups excluding carboxylic acids is 2. The molecule has 0 aliphatic heterocycles. The first-order chi connectivity index (χ1) is 7.70. The maximum absolute atomic E-state index is 11.2. The van der Waals surface area contributed by atoms with Crippen molar-refractivity contribution >= 4 is 11.9 Å². The van der Waals surface area contributed by atoms with Crippen LogP contribution in [-0.2, 0) is 19.1 Å². The SMILES string of the molecule is CCCCCCOC(=O)CCC(=O)OCC. The van der Waals surface area contributed by atoms with Crippen LogP contribution in [0.5, 0.6) is 0 Å². The van der Waals surface area contributed by atoms with Gasteiger partial charge in [0.25, 0.3) is 0 Å². The molecule has 0 heterocycles. The van der Waals surface area contributed by atoms with Gasteiger partial charge in [-0.15, -0.1) is 0 Å². The van der Waals surface area contributed by atoms with Crippen molar-refractivity contribution in [2.75, 3.05) is 13.2 Å². The van der Waals surface area contributed by atoms with Gasteiger partial charge < -0.3 is 9.47 Å². The third-order valence-corrected chi connectivity index (χ3v) is 2.10. The molecule has 0 bridgehead atoms. The maximum atomic E-state index is 11.2. The number of hydrogen-bond donors (Lipinski definition) is 0. The van der Waals surface area contributed by atoms with E-state index < -0.39 is 0 Å². The predicted octanol–water partition coefficient (Wildman–Crippen LogP) is 2.45. The number of ether oxygens (including phenoxy) is 2. The van der Waals surface area contributed by atoms with Crippen LogP contribution < -0.4 is 0 Å². The van der Waals surface area contributed by atoms with Gasteiger partial charge in [-0.1, -0.05) is 26.2 Å². The smallest absolute Gasteiger partial charge is 0.306 e. The van der Waals surface area contributed by atoms with Gasteiger partial charge >= 0.3 is 11.9 Å². The fourth-order valence-corrected chi connectivity index (χ4v) is 1.22. The summed E-state index contributed by atoms with van der Waals surface area (Å²) < 4.78 is 9.67. The predicted molar refractivity (Wildman–Crippen MR) is 61.0 cm³/mol. The molecule has 0 fully saturated rings. The lowest BCUT2D eigenvalue weighted by atomic mass is 10.2. The Morgan fingerprint density at radius 3 is 2.06 bits per heavy atom. The van der Waals surface area contributed by atoms with Gasteiger partial charge in [-0.3, -0.25) is 9.59 Å². The Morgan fingerprint density at radius 1 is 0.875 bits per heavy atom. The van der Waals surface area contributed by atoms with Crippen LogP contribution in [0, 0.1) is 0 Å². The van der Waals surface area contributed by atoms with Crippen molar-refractivity contribution in [1.29, 1.82) is 0 Å². The number of carbonyl (C=O) groups is 2. The summed E-state index contributed by atoms with van der Waals surface area (Å²) in [5.41, 5.74) is 0. The number of esters is 2. The summed E-state index contributed by atoms with van der Waals surface area (Å²) in [5.74, 6) is -0.657. The fourth-order valence-electron chi connectivity index (χ4n) is 1.22. The summed E-state index contributed by atoms with van der Waals surface area (Å²) in [6.45, 7) is 4.68. The Bertz CT molecular complexity index is 201. The summed E-state index contributed by atoms with van der Waals surface area (Å²) in [5, 5.41) is 0. The van der Waals surface area contributed by atoms with Crippen molar-refractivity contribution in [1.82, 2.24) is 0 Å². The van der Waals surface area contributed by atoms with Crippen molar-refractivity contribution < 1.29 is 19.1 Å².